The van der Waals surface area contributed by atoms with E-state index in [9.17, 15) is 4.79 Å². The first-order valence-electron chi connectivity index (χ1n) is 10.1. The van der Waals surface area contributed by atoms with Gasteiger partial charge in [-0.1, -0.05) is 48.6 Å². The molecule has 1 aliphatic heterocycles. The highest BCUT2D eigenvalue weighted by atomic mass is 32.1. The number of para-hydroxylation sites is 2. The van der Waals surface area contributed by atoms with Crippen LogP contribution in [0.1, 0.15) is 17.3 Å². The number of hydrogen-bond donors (Lipinski definition) is 0. The third-order valence-electron chi connectivity index (χ3n) is 5.17. The highest BCUT2D eigenvalue weighted by molar-refractivity contribution is 7.71. The molecule has 0 N–H and O–H groups in total. The van der Waals surface area contributed by atoms with E-state index in [1.165, 1.54) is 5.69 Å². The van der Waals surface area contributed by atoms with E-state index in [-0.39, 0.29) is 6.61 Å². The number of esters is 1. The fraction of sp³-hybridized carbons (Fsp3) is 0.261. The van der Waals surface area contributed by atoms with Gasteiger partial charge in [0.05, 0.1) is 6.61 Å². The number of rotatable bonds is 5. The number of carbonyl (C=O) groups excluding carboxylic acids is 1. The van der Waals surface area contributed by atoms with Crippen LogP contribution >= 0.6 is 12.2 Å². The molecule has 154 valence electrons. The molecule has 4 rings (SSSR count). The maximum Gasteiger partial charge on any atom is 0.344 e. The molecule has 1 aliphatic rings. The Balaban J connectivity index is 1.65. The van der Waals surface area contributed by atoms with Crippen molar-refractivity contribution in [3.8, 4) is 5.69 Å². The highest BCUT2D eigenvalue weighted by Crippen LogP contribution is 2.25. The summed E-state index contributed by atoms with van der Waals surface area (Å²) >= 11 is 5.71. The van der Waals surface area contributed by atoms with Crippen LogP contribution in [0.5, 0.6) is 0 Å². The van der Waals surface area contributed by atoms with Gasteiger partial charge in [0.25, 0.3) is 0 Å². The molecule has 0 amide bonds. The summed E-state index contributed by atoms with van der Waals surface area (Å²) in [6.45, 7) is 5.26. The largest absolute Gasteiger partial charge is 0.462 e. The second-order valence-corrected chi connectivity index (χ2v) is 7.37. The Bertz CT molecular complexity index is 1060. The molecule has 2 heterocycles. The molecular weight excluding hydrogens is 396 g/mol. The number of carbonyl (C=O) groups is 1. The minimum Gasteiger partial charge on any atom is -0.462 e. The summed E-state index contributed by atoms with van der Waals surface area (Å²) in [7, 11) is 0. The van der Waals surface area contributed by atoms with Crippen LogP contribution in [0.15, 0.2) is 67.0 Å². The average molecular weight is 421 g/mol. The Hall–Kier alpha value is -3.19. The lowest BCUT2D eigenvalue weighted by Crippen LogP contribution is -2.47. The molecule has 2 aromatic carbocycles. The average Bonchev–Trinajstić information content (AvgIpc) is 2.80. The van der Waals surface area contributed by atoms with Gasteiger partial charge in [-0.15, -0.1) is 0 Å². The molecule has 0 bridgehead atoms. The number of aromatic nitrogens is 2. The van der Waals surface area contributed by atoms with Crippen LogP contribution in [0.3, 0.4) is 0 Å². The summed E-state index contributed by atoms with van der Waals surface area (Å²) in [6.07, 6.45) is 1.69. The highest BCUT2D eigenvalue weighted by Gasteiger charge is 2.26. The van der Waals surface area contributed by atoms with E-state index in [1.54, 1.807) is 17.8 Å². The molecule has 3 aromatic rings. The molecular formula is C23H24N4O2S. The normalized spacial score (nSPS) is 13.9. The maximum absolute atomic E-state index is 12.8. The fourth-order valence-electron chi connectivity index (χ4n) is 3.65. The molecule has 0 saturated carbocycles. The Morgan fingerprint density at radius 1 is 0.933 bits per heavy atom. The van der Waals surface area contributed by atoms with Crippen LogP contribution in [-0.4, -0.2) is 48.3 Å². The van der Waals surface area contributed by atoms with Crippen molar-refractivity contribution >= 4 is 29.7 Å². The number of hydrogen-bond acceptors (Lipinski definition) is 6. The van der Waals surface area contributed by atoms with Crippen LogP contribution in [0.25, 0.3) is 5.69 Å². The van der Waals surface area contributed by atoms with Crippen LogP contribution in [0.4, 0.5) is 11.5 Å². The minimum absolute atomic E-state index is 0.287. The zero-order valence-corrected chi connectivity index (χ0v) is 17.7. The van der Waals surface area contributed by atoms with Crippen molar-refractivity contribution < 1.29 is 9.53 Å². The number of anilines is 2. The summed E-state index contributed by atoms with van der Waals surface area (Å²) in [5, 5.41) is 0. The molecule has 1 aromatic heterocycles. The Labute approximate surface area is 181 Å². The van der Waals surface area contributed by atoms with Crippen molar-refractivity contribution in [2.45, 2.75) is 6.92 Å². The van der Waals surface area contributed by atoms with Gasteiger partial charge in [-0.2, -0.15) is 0 Å². The van der Waals surface area contributed by atoms with Crippen LogP contribution in [0.2, 0.25) is 0 Å². The van der Waals surface area contributed by atoms with E-state index in [4.69, 9.17) is 17.0 Å². The summed E-state index contributed by atoms with van der Waals surface area (Å²) in [4.78, 5) is 21.9. The maximum atomic E-state index is 12.8. The summed E-state index contributed by atoms with van der Waals surface area (Å²) < 4.78 is 7.49. The molecule has 1 saturated heterocycles. The lowest BCUT2D eigenvalue weighted by Gasteiger charge is -2.37. The molecule has 30 heavy (non-hydrogen) atoms. The summed E-state index contributed by atoms with van der Waals surface area (Å²) in [6, 6.07) is 20.0. The molecule has 6 nitrogen and oxygen atoms in total. The zero-order valence-electron chi connectivity index (χ0n) is 16.9. The van der Waals surface area contributed by atoms with Gasteiger partial charge in [-0.05, 0) is 31.2 Å². The third kappa shape index (κ3) is 4.07. The Morgan fingerprint density at radius 3 is 2.10 bits per heavy atom. The van der Waals surface area contributed by atoms with Gasteiger partial charge in [0.1, 0.15) is 22.3 Å². The van der Waals surface area contributed by atoms with Gasteiger partial charge in [0.2, 0.25) is 0 Å². The number of ether oxygens (including phenoxy) is 1. The van der Waals surface area contributed by atoms with Crippen LogP contribution in [0, 0.1) is 4.64 Å². The van der Waals surface area contributed by atoms with E-state index in [0.29, 0.717) is 16.0 Å². The SMILES string of the molecule is CCOC(=O)c1c(N2CCN(c3ccccc3)CC2)ncn(-c2ccccc2)c1=S. The van der Waals surface area contributed by atoms with Gasteiger partial charge in [-0.3, -0.25) is 4.57 Å². The molecule has 7 heteroatoms. The van der Waals surface area contributed by atoms with Crippen molar-refractivity contribution in [1.29, 1.82) is 0 Å². The predicted molar refractivity (Wildman–Crippen MR) is 121 cm³/mol. The Kier molecular flexibility index (Phi) is 6.09. The molecule has 0 atom stereocenters. The quantitative estimate of drug-likeness (QED) is 0.457. The van der Waals surface area contributed by atoms with Gasteiger partial charge in [0, 0.05) is 37.6 Å². The van der Waals surface area contributed by atoms with Crippen molar-refractivity contribution in [3.63, 3.8) is 0 Å². The van der Waals surface area contributed by atoms with E-state index in [0.717, 1.165) is 31.9 Å². The first-order chi connectivity index (χ1) is 14.7. The Morgan fingerprint density at radius 2 is 1.50 bits per heavy atom. The molecule has 0 aliphatic carbocycles. The number of benzene rings is 2. The van der Waals surface area contributed by atoms with Crippen molar-refractivity contribution in [2.75, 3.05) is 42.6 Å². The second-order valence-electron chi connectivity index (χ2n) is 6.98. The molecule has 1 fully saturated rings. The standard InChI is InChI=1S/C23H24N4O2S/c1-2-29-23(28)20-21(24-17-27(22(20)30)19-11-7-4-8-12-19)26-15-13-25(14-16-26)18-9-5-3-6-10-18/h3-12,17H,2,13-16H2,1H3. The van der Waals surface area contributed by atoms with E-state index in [1.807, 2.05) is 48.5 Å². The van der Waals surface area contributed by atoms with Crippen LogP contribution in [-0.2, 0) is 4.74 Å². The lowest BCUT2D eigenvalue weighted by atomic mass is 10.2. The van der Waals surface area contributed by atoms with Gasteiger partial charge >= 0.3 is 5.97 Å². The fourth-order valence-corrected chi connectivity index (χ4v) is 3.98. The number of piperazine rings is 1. The topological polar surface area (TPSA) is 50.6 Å². The van der Waals surface area contributed by atoms with E-state index >= 15 is 0 Å². The van der Waals surface area contributed by atoms with Gasteiger partial charge in [-0.25, -0.2) is 9.78 Å². The monoisotopic (exact) mass is 420 g/mol. The molecule has 0 spiro atoms. The van der Waals surface area contributed by atoms with Crippen LogP contribution < -0.4 is 9.80 Å². The molecule has 0 unspecified atom stereocenters. The van der Waals surface area contributed by atoms with Gasteiger partial charge in [0.15, 0.2) is 0 Å². The first kappa shape index (κ1) is 20.1. The predicted octanol–water partition coefficient (Wildman–Crippen LogP) is 4.11. The third-order valence-corrected chi connectivity index (χ3v) is 5.57. The lowest BCUT2D eigenvalue weighted by molar-refractivity contribution is 0.0525. The minimum atomic E-state index is -0.430. The summed E-state index contributed by atoms with van der Waals surface area (Å²) in [5.41, 5.74) is 2.42. The molecule has 0 radical (unpaired) electrons. The second kappa shape index (κ2) is 9.09. The van der Waals surface area contributed by atoms with Crippen molar-refractivity contribution in [2.24, 2.45) is 0 Å². The summed E-state index contributed by atoms with van der Waals surface area (Å²) in [5.74, 6) is 0.166. The van der Waals surface area contributed by atoms with Crippen molar-refractivity contribution in [3.05, 3.63) is 77.2 Å². The van der Waals surface area contributed by atoms with Gasteiger partial charge < -0.3 is 14.5 Å². The van der Waals surface area contributed by atoms with E-state index in [2.05, 4.69) is 26.9 Å². The smallest absolute Gasteiger partial charge is 0.344 e. The van der Waals surface area contributed by atoms with E-state index < -0.39 is 5.97 Å². The zero-order chi connectivity index (χ0) is 20.9. The van der Waals surface area contributed by atoms with Crippen molar-refractivity contribution in [1.82, 2.24) is 9.55 Å². The first-order valence-corrected chi connectivity index (χ1v) is 10.5. The number of nitrogens with zero attached hydrogens (tertiary/aromatic N) is 4.